The molecule has 0 saturated carbocycles. The third-order valence-electron chi connectivity index (χ3n) is 11.2. The quantitative estimate of drug-likeness (QED) is 0.128. The van der Waals surface area contributed by atoms with Gasteiger partial charge in [-0.1, -0.05) is 111 Å². The maximum Gasteiger partial charge on any atom is 2.00 e. The second-order valence-electron chi connectivity index (χ2n) is 14.5. The fraction of sp³-hybridized carbons (Fsp3) is 0.200. The van der Waals surface area contributed by atoms with Gasteiger partial charge in [-0.3, -0.25) is 4.68 Å². The molecule has 0 amide bonds. The van der Waals surface area contributed by atoms with Gasteiger partial charge in [0, 0.05) is 46.5 Å². The predicted molar refractivity (Wildman–Crippen MR) is 226 cm³/mol. The van der Waals surface area contributed by atoms with Gasteiger partial charge >= 0.3 is 21.1 Å². The molecule has 9 rings (SSSR count). The summed E-state index contributed by atoms with van der Waals surface area (Å²) in [7, 11) is 1.67. The van der Waals surface area contributed by atoms with Crippen LogP contribution < -0.4 is 9.47 Å². The zero-order valence-corrected chi connectivity index (χ0v) is 34.9. The summed E-state index contributed by atoms with van der Waals surface area (Å²) in [6, 6.07) is 49.6. The van der Waals surface area contributed by atoms with Crippen molar-refractivity contribution in [3.8, 4) is 28.8 Å². The fourth-order valence-corrected chi connectivity index (χ4v) is 8.72. The largest absolute Gasteiger partial charge is 2.00 e. The maximum atomic E-state index is 6.64. The number of allylic oxidation sites excluding steroid dienone is 2. The summed E-state index contributed by atoms with van der Waals surface area (Å²) < 4.78 is 16.4. The monoisotopic (exact) mass is 927 g/mol. The first kappa shape index (κ1) is 38.2. The molecule has 8 aromatic rings. The van der Waals surface area contributed by atoms with Crippen LogP contribution in [-0.2, 0) is 33.9 Å². The Balaban J connectivity index is 0.00000455. The molecule has 7 heteroatoms. The van der Waals surface area contributed by atoms with E-state index in [1.807, 2.05) is 30.3 Å². The molecule has 0 fully saturated rings. The summed E-state index contributed by atoms with van der Waals surface area (Å²) in [5.74, 6) is 3.19. The number of para-hydroxylation sites is 1. The van der Waals surface area contributed by atoms with Crippen molar-refractivity contribution in [3.05, 3.63) is 179 Å². The Bertz CT molecular complexity index is 2720. The summed E-state index contributed by atoms with van der Waals surface area (Å²) >= 11 is 0. The summed E-state index contributed by atoms with van der Waals surface area (Å²) in [6.07, 6.45) is 8.03. The molecule has 0 saturated heterocycles. The second kappa shape index (κ2) is 16.4. The summed E-state index contributed by atoms with van der Waals surface area (Å²) in [4.78, 5) is 4.71. The molecule has 0 spiro atoms. The van der Waals surface area contributed by atoms with Crippen LogP contribution in [0.3, 0.4) is 0 Å². The van der Waals surface area contributed by atoms with E-state index in [-0.39, 0.29) is 27.0 Å². The number of rotatable bonds is 10. The van der Waals surface area contributed by atoms with Gasteiger partial charge in [0.05, 0.1) is 12.8 Å². The van der Waals surface area contributed by atoms with E-state index in [4.69, 9.17) is 19.6 Å². The Morgan fingerprint density at radius 2 is 1.56 bits per heavy atom. The predicted octanol–water partition coefficient (Wildman–Crippen LogP) is 11.9. The molecule has 3 heterocycles. The third kappa shape index (κ3) is 7.12. The standard InChI is InChI=1S/C50H44N4O2.Pt/c1-5-44-50(49-40(34-16-9-7-10-17-34)21-15-22-41(49)35-18-11-8-12-19-35)45(6-2)54(52-44)36-28-33(3)29-39(30-36)56-38-24-25-43-42-20-13-14-23-46(42)53(47(43)31-38)48-32-37(55-4)26-27-51-48;/h7-14,16-21,23-29,32,41,49H,5-6,15,22H2,1-4H3;/q-2;+2/t41-,49?;/m1./s1. The van der Waals surface area contributed by atoms with Gasteiger partial charge in [-0.05, 0) is 71.5 Å². The van der Waals surface area contributed by atoms with Crippen molar-refractivity contribution in [1.29, 1.82) is 0 Å². The topological polar surface area (TPSA) is 54.1 Å². The molecule has 6 nitrogen and oxygen atoms in total. The molecule has 0 aliphatic heterocycles. The van der Waals surface area contributed by atoms with Crippen molar-refractivity contribution in [3.63, 3.8) is 0 Å². The molecule has 0 radical (unpaired) electrons. The molecular formula is C50H44N4O2Pt. The van der Waals surface area contributed by atoms with Crippen molar-refractivity contribution in [1.82, 2.24) is 19.3 Å². The van der Waals surface area contributed by atoms with Crippen LogP contribution in [0.25, 0.3) is 38.9 Å². The van der Waals surface area contributed by atoms with E-state index in [9.17, 15) is 0 Å². The van der Waals surface area contributed by atoms with Gasteiger partial charge in [0.25, 0.3) is 0 Å². The molecular weight excluding hydrogens is 884 g/mol. The van der Waals surface area contributed by atoms with Gasteiger partial charge in [0.15, 0.2) is 0 Å². The van der Waals surface area contributed by atoms with Crippen LogP contribution in [0.2, 0.25) is 0 Å². The molecule has 2 atom stereocenters. The van der Waals surface area contributed by atoms with E-state index in [1.165, 1.54) is 28.0 Å². The fourth-order valence-electron chi connectivity index (χ4n) is 8.72. The van der Waals surface area contributed by atoms with E-state index >= 15 is 0 Å². The molecule has 57 heavy (non-hydrogen) atoms. The van der Waals surface area contributed by atoms with Gasteiger partial charge in [0.1, 0.15) is 11.6 Å². The second-order valence-corrected chi connectivity index (χ2v) is 14.5. The number of nitrogens with zero attached hydrogens (tertiary/aromatic N) is 4. The Labute approximate surface area is 349 Å². The molecule has 3 aromatic heterocycles. The number of aromatic nitrogens is 4. The van der Waals surface area contributed by atoms with Crippen molar-refractivity contribution < 1.29 is 30.5 Å². The van der Waals surface area contributed by atoms with Crippen LogP contribution in [0.5, 0.6) is 17.2 Å². The van der Waals surface area contributed by atoms with E-state index < -0.39 is 0 Å². The van der Waals surface area contributed by atoms with Crippen LogP contribution in [0, 0.1) is 19.1 Å². The number of aryl methyl sites for hydroxylation is 2. The zero-order chi connectivity index (χ0) is 38.2. The maximum absolute atomic E-state index is 6.64. The van der Waals surface area contributed by atoms with Gasteiger partial charge in [-0.2, -0.15) is 16.7 Å². The average Bonchev–Trinajstić information content (AvgIpc) is 3.79. The van der Waals surface area contributed by atoms with E-state index in [2.05, 4.69) is 139 Å². The minimum Gasteiger partial charge on any atom is -0.509 e. The van der Waals surface area contributed by atoms with Crippen molar-refractivity contribution >= 4 is 27.4 Å². The number of hydrogen-bond donors (Lipinski definition) is 0. The Kier molecular flexibility index (Phi) is 11.0. The van der Waals surface area contributed by atoms with Crippen LogP contribution >= 0.6 is 0 Å². The zero-order valence-electron chi connectivity index (χ0n) is 32.6. The van der Waals surface area contributed by atoms with Crippen LogP contribution in [0.1, 0.15) is 72.2 Å². The minimum atomic E-state index is 0. The van der Waals surface area contributed by atoms with E-state index in [1.54, 1.807) is 13.3 Å². The third-order valence-corrected chi connectivity index (χ3v) is 11.2. The molecule has 0 bridgehead atoms. The first-order valence-corrected chi connectivity index (χ1v) is 19.6. The number of pyridine rings is 1. The van der Waals surface area contributed by atoms with Gasteiger partial charge < -0.3 is 14.0 Å². The minimum absolute atomic E-state index is 0. The number of fused-ring (bicyclic) bond motifs is 3. The molecule has 5 aromatic carbocycles. The normalized spacial score (nSPS) is 15.3. The summed E-state index contributed by atoms with van der Waals surface area (Å²) in [5, 5.41) is 7.57. The van der Waals surface area contributed by atoms with Crippen LogP contribution in [0.4, 0.5) is 0 Å². The average molecular weight is 928 g/mol. The molecule has 1 aliphatic carbocycles. The van der Waals surface area contributed by atoms with E-state index in [0.717, 1.165) is 76.0 Å². The Hall–Kier alpha value is -5.71. The SMILES string of the molecule is CCc1nn(-c2[c-]c(Oc3[c-]c4c(cc3)c3ccccc3n4-c3cc(OC)ccn3)cc(C)c2)c(CC)c1C1C(c2ccccc2)=CCC[C@@H]1c1ccccc1.[Pt+2]. The smallest absolute Gasteiger partial charge is 0.509 e. The molecule has 1 aliphatic rings. The Morgan fingerprint density at radius 1 is 0.789 bits per heavy atom. The van der Waals surface area contributed by atoms with Gasteiger partial charge in [-0.25, -0.2) is 4.98 Å². The van der Waals surface area contributed by atoms with Gasteiger partial charge in [-0.15, -0.1) is 35.7 Å². The summed E-state index contributed by atoms with van der Waals surface area (Å²) in [5.41, 5.74) is 11.6. The first-order chi connectivity index (χ1) is 27.5. The Morgan fingerprint density at radius 3 is 2.33 bits per heavy atom. The van der Waals surface area contributed by atoms with Crippen molar-refractivity contribution in [2.45, 2.75) is 58.3 Å². The van der Waals surface area contributed by atoms with E-state index in [0.29, 0.717) is 17.4 Å². The number of ether oxygens (including phenoxy) is 2. The number of methoxy groups -OCH3 is 1. The first-order valence-electron chi connectivity index (χ1n) is 19.6. The van der Waals surface area contributed by atoms with Crippen LogP contribution in [0.15, 0.2) is 134 Å². The van der Waals surface area contributed by atoms with Crippen molar-refractivity contribution in [2.24, 2.45) is 0 Å². The number of hydrogen-bond acceptors (Lipinski definition) is 4. The van der Waals surface area contributed by atoms with Gasteiger partial charge in [0.2, 0.25) is 0 Å². The molecule has 0 N–H and O–H groups in total. The summed E-state index contributed by atoms with van der Waals surface area (Å²) in [6.45, 7) is 6.57. The molecule has 1 unspecified atom stereocenters. The van der Waals surface area contributed by atoms with Crippen molar-refractivity contribution in [2.75, 3.05) is 7.11 Å². The number of benzene rings is 5. The molecule has 286 valence electrons. The van der Waals surface area contributed by atoms with Crippen LogP contribution in [-0.4, -0.2) is 26.4 Å².